The normalized spacial score (nSPS) is 10.3. The van der Waals surface area contributed by atoms with Crippen molar-refractivity contribution in [1.29, 1.82) is 0 Å². The lowest BCUT2D eigenvalue weighted by molar-refractivity contribution is -0.145. The van der Waals surface area contributed by atoms with Crippen molar-refractivity contribution in [3.05, 3.63) is 29.8 Å². The molecule has 1 N–H and O–H groups in total. The summed E-state index contributed by atoms with van der Waals surface area (Å²) >= 11 is 0. The molecule has 0 aliphatic rings. The van der Waals surface area contributed by atoms with Crippen LogP contribution in [0.1, 0.15) is 18.9 Å². The number of esters is 1. The van der Waals surface area contributed by atoms with E-state index in [9.17, 15) is 9.59 Å². The van der Waals surface area contributed by atoms with Gasteiger partial charge in [-0.15, -0.1) is 0 Å². The topological polar surface area (TPSA) is 58.6 Å². The van der Waals surface area contributed by atoms with Gasteiger partial charge in [-0.05, 0) is 38.7 Å². The minimum absolute atomic E-state index is 0.257. The maximum Gasteiger partial charge on any atom is 0.315 e. The van der Waals surface area contributed by atoms with Crippen LogP contribution in [0, 0.1) is 0 Å². The first-order chi connectivity index (χ1) is 9.01. The third-order valence-electron chi connectivity index (χ3n) is 2.35. The number of carbonyl (C=O) groups is 2. The molecule has 0 atom stereocenters. The molecule has 0 saturated heterocycles. The lowest BCUT2D eigenvalue weighted by Crippen LogP contribution is -2.18. The third kappa shape index (κ3) is 6.01. The van der Waals surface area contributed by atoms with Crippen LogP contribution in [-0.4, -0.2) is 37.5 Å². The maximum atomic E-state index is 11.5. The Morgan fingerprint density at radius 3 is 2.37 bits per heavy atom. The number of ether oxygens (including phenoxy) is 1. The van der Waals surface area contributed by atoms with Crippen molar-refractivity contribution in [3.8, 4) is 0 Å². The largest absolute Gasteiger partial charge is 0.466 e. The molecule has 104 valence electrons. The molecule has 1 aromatic carbocycles. The van der Waals surface area contributed by atoms with Crippen LogP contribution in [0.3, 0.4) is 0 Å². The smallest absolute Gasteiger partial charge is 0.315 e. The van der Waals surface area contributed by atoms with Gasteiger partial charge in [-0.3, -0.25) is 9.59 Å². The van der Waals surface area contributed by atoms with E-state index >= 15 is 0 Å². The predicted molar refractivity (Wildman–Crippen MR) is 73.7 cm³/mol. The summed E-state index contributed by atoms with van der Waals surface area (Å²) in [7, 11) is 3.99. The Kier molecular flexibility index (Phi) is 6.02. The Morgan fingerprint density at radius 2 is 1.84 bits per heavy atom. The minimum atomic E-state index is -0.510. The van der Waals surface area contributed by atoms with Gasteiger partial charge in [0.05, 0.1) is 6.61 Å². The number of hydrogen-bond acceptors (Lipinski definition) is 4. The van der Waals surface area contributed by atoms with Gasteiger partial charge in [-0.2, -0.15) is 0 Å². The first-order valence-corrected chi connectivity index (χ1v) is 6.20. The second kappa shape index (κ2) is 7.53. The highest BCUT2D eigenvalue weighted by molar-refractivity contribution is 6.01. The number of nitrogens with one attached hydrogen (secondary N) is 1. The molecule has 0 radical (unpaired) electrons. The Morgan fingerprint density at radius 1 is 1.21 bits per heavy atom. The van der Waals surface area contributed by atoms with Crippen LogP contribution in [0.4, 0.5) is 5.69 Å². The summed E-state index contributed by atoms with van der Waals surface area (Å²) in [6.07, 6.45) is -0.257. The van der Waals surface area contributed by atoms with E-state index in [-0.39, 0.29) is 18.9 Å². The molecular formula is C14H20N2O3. The predicted octanol–water partition coefficient (Wildman–Crippen LogP) is 1.64. The summed E-state index contributed by atoms with van der Waals surface area (Å²) < 4.78 is 4.71. The SMILES string of the molecule is CCOC(=O)CC(=O)Nc1ccc(CN(C)C)cc1. The van der Waals surface area contributed by atoms with E-state index in [1.54, 1.807) is 6.92 Å². The van der Waals surface area contributed by atoms with E-state index < -0.39 is 5.97 Å². The van der Waals surface area contributed by atoms with Crippen LogP contribution < -0.4 is 5.32 Å². The van der Waals surface area contributed by atoms with Gasteiger partial charge in [0, 0.05) is 12.2 Å². The van der Waals surface area contributed by atoms with Crippen molar-refractivity contribution in [3.63, 3.8) is 0 Å². The van der Waals surface area contributed by atoms with Gasteiger partial charge in [0.2, 0.25) is 5.91 Å². The lowest BCUT2D eigenvalue weighted by atomic mass is 10.2. The highest BCUT2D eigenvalue weighted by Crippen LogP contribution is 2.11. The van der Waals surface area contributed by atoms with Gasteiger partial charge >= 0.3 is 5.97 Å². The van der Waals surface area contributed by atoms with E-state index in [4.69, 9.17) is 4.74 Å². The molecule has 0 aromatic heterocycles. The van der Waals surface area contributed by atoms with Gasteiger partial charge in [0.1, 0.15) is 6.42 Å². The minimum Gasteiger partial charge on any atom is -0.466 e. The number of nitrogens with zero attached hydrogens (tertiary/aromatic N) is 1. The van der Waals surface area contributed by atoms with Gasteiger partial charge < -0.3 is 15.0 Å². The van der Waals surface area contributed by atoms with Crippen LogP contribution in [0.15, 0.2) is 24.3 Å². The zero-order valence-corrected chi connectivity index (χ0v) is 11.6. The van der Waals surface area contributed by atoms with E-state index in [1.165, 1.54) is 0 Å². The molecule has 19 heavy (non-hydrogen) atoms. The Bertz CT molecular complexity index is 427. The number of carbonyl (C=O) groups excluding carboxylic acids is 2. The molecule has 0 spiro atoms. The average molecular weight is 264 g/mol. The molecule has 1 amide bonds. The van der Waals surface area contributed by atoms with Crippen LogP contribution in [0.2, 0.25) is 0 Å². The molecule has 0 aliphatic heterocycles. The summed E-state index contributed by atoms with van der Waals surface area (Å²) in [5, 5.41) is 2.66. The highest BCUT2D eigenvalue weighted by Gasteiger charge is 2.10. The summed E-state index contributed by atoms with van der Waals surface area (Å²) in [6.45, 7) is 2.83. The zero-order valence-electron chi connectivity index (χ0n) is 11.6. The van der Waals surface area contributed by atoms with Crippen molar-refractivity contribution in [2.75, 3.05) is 26.0 Å². The number of rotatable bonds is 6. The monoisotopic (exact) mass is 264 g/mol. The van der Waals surface area contributed by atoms with E-state index in [1.807, 2.05) is 38.4 Å². The second-order valence-corrected chi connectivity index (χ2v) is 4.46. The number of hydrogen-bond donors (Lipinski definition) is 1. The Hall–Kier alpha value is -1.88. The summed E-state index contributed by atoms with van der Waals surface area (Å²) in [5.74, 6) is -0.872. The molecule has 1 rings (SSSR count). The van der Waals surface area contributed by atoms with Crippen molar-refractivity contribution in [2.45, 2.75) is 19.9 Å². The molecule has 5 heteroatoms. The van der Waals surface area contributed by atoms with Gasteiger partial charge in [-0.1, -0.05) is 12.1 Å². The molecule has 0 unspecified atom stereocenters. The van der Waals surface area contributed by atoms with E-state index in [2.05, 4.69) is 10.2 Å². The number of anilines is 1. The molecule has 0 aliphatic carbocycles. The van der Waals surface area contributed by atoms with Gasteiger partial charge in [0.15, 0.2) is 0 Å². The molecular weight excluding hydrogens is 244 g/mol. The van der Waals surface area contributed by atoms with Crippen molar-refractivity contribution in [1.82, 2.24) is 4.90 Å². The third-order valence-corrected chi connectivity index (χ3v) is 2.35. The molecule has 5 nitrogen and oxygen atoms in total. The highest BCUT2D eigenvalue weighted by atomic mass is 16.5. The van der Waals surface area contributed by atoms with E-state index in [0.717, 1.165) is 12.1 Å². The van der Waals surface area contributed by atoms with Crippen LogP contribution in [0.5, 0.6) is 0 Å². The molecule has 0 saturated carbocycles. The van der Waals surface area contributed by atoms with Crippen LogP contribution in [-0.2, 0) is 20.9 Å². The summed E-state index contributed by atoms with van der Waals surface area (Å²) in [6, 6.07) is 7.53. The van der Waals surface area contributed by atoms with Crippen LogP contribution in [0.25, 0.3) is 0 Å². The summed E-state index contributed by atoms with van der Waals surface area (Å²) in [4.78, 5) is 24.7. The molecule has 1 aromatic rings. The van der Waals surface area contributed by atoms with Crippen molar-refractivity contribution < 1.29 is 14.3 Å². The average Bonchev–Trinajstić information content (AvgIpc) is 2.31. The quantitative estimate of drug-likeness (QED) is 0.627. The lowest BCUT2D eigenvalue weighted by Gasteiger charge is -2.10. The van der Waals surface area contributed by atoms with Crippen LogP contribution >= 0.6 is 0 Å². The number of benzene rings is 1. The number of amides is 1. The second-order valence-electron chi connectivity index (χ2n) is 4.46. The fourth-order valence-electron chi connectivity index (χ4n) is 1.61. The summed E-state index contributed by atoms with van der Waals surface area (Å²) in [5.41, 5.74) is 1.84. The van der Waals surface area contributed by atoms with Gasteiger partial charge in [-0.25, -0.2) is 0 Å². The molecule has 0 heterocycles. The van der Waals surface area contributed by atoms with Crippen molar-refractivity contribution in [2.24, 2.45) is 0 Å². The zero-order chi connectivity index (χ0) is 14.3. The molecule has 0 fully saturated rings. The Labute approximate surface area is 113 Å². The standard InChI is InChI=1S/C14H20N2O3/c1-4-19-14(18)9-13(17)15-12-7-5-11(6-8-12)10-16(2)3/h5-8H,4,9-10H2,1-3H3,(H,15,17). The van der Waals surface area contributed by atoms with Crippen molar-refractivity contribution >= 4 is 17.6 Å². The van der Waals surface area contributed by atoms with E-state index in [0.29, 0.717) is 5.69 Å². The fourth-order valence-corrected chi connectivity index (χ4v) is 1.61. The fraction of sp³-hybridized carbons (Fsp3) is 0.429. The van der Waals surface area contributed by atoms with Gasteiger partial charge in [0.25, 0.3) is 0 Å². The first kappa shape index (κ1) is 15.2. The molecule has 0 bridgehead atoms. The maximum absolute atomic E-state index is 11.5. The Balaban J connectivity index is 2.48. The first-order valence-electron chi connectivity index (χ1n) is 6.20.